The van der Waals surface area contributed by atoms with Crippen molar-refractivity contribution in [2.75, 3.05) is 19.6 Å². The Kier molecular flexibility index (Phi) is 22.1. The van der Waals surface area contributed by atoms with Crippen LogP contribution in [-0.2, 0) is 13.1 Å². The molecule has 0 saturated heterocycles. The van der Waals surface area contributed by atoms with Crippen LogP contribution in [0.1, 0.15) is 41.6 Å². The normalized spacial score (nSPS) is 13.5. The quantitative estimate of drug-likeness (QED) is 0.0616. The molecule has 2 heterocycles. The Morgan fingerprint density at radius 3 is 0.780 bits per heavy atom. The smallest absolute Gasteiger partial charge is 0.508 e. The highest BCUT2D eigenvalue weighted by molar-refractivity contribution is 6.11. The summed E-state index contributed by atoms with van der Waals surface area (Å²) in [6, 6.07) is 61.1. The van der Waals surface area contributed by atoms with Gasteiger partial charge in [-0.15, -0.1) is 92.2 Å². The first kappa shape index (κ1) is 83.9. The zero-order chi connectivity index (χ0) is 87.5. The number of hydrogen-bond acceptors (Lipinski definition) is 12. The number of allylic oxidation sites excluding steroid dienone is 1. The van der Waals surface area contributed by atoms with Crippen molar-refractivity contribution in [2.45, 2.75) is 76.9 Å². The summed E-state index contributed by atoms with van der Waals surface area (Å²) in [6.07, 6.45) is -33.9. The van der Waals surface area contributed by atoms with Gasteiger partial charge in [-0.05, 0) is 272 Å². The van der Waals surface area contributed by atoms with E-state index in [4.69, 9.17) is 0 Å². The summed E-state index contributed by atoms with van der Waals surface area (Å²) in [6.45, 7) is 1.92. The van der Waals surface area contributed by atoms with Crippen LogP contribution < -0.4 is 52.8 Å². The Hall–Kier alpha value is -14.2. The predicted octanol–water partition coefficient (Wildman–Crippen LogP) is 27.9. The van der Waals surface area contributed by atoms with E-state index in [0.29, 0.717) is 77.9 Å². The highest BCUT2D eigenvalue weighted by Gasteiger charge is 2.39. The van der Waals surface area contributed by atoms with Gasteiger partial charge in [-0.2, -0.15) is 0 Å². The third kappa shape index (κ3) is 19.8. The van der Waals surface area contributed by atoms with Crippen LogP contribution in [0.15, 0.2) is 279 Å². The number of rotatable bonds is 23. The van der Waals surface area contributed by atoms with Gasteiger partial charge in [0.2, 0.25) is 0 Å². The molecule has 1 aliphatic rings. The molecule has 0 fully saturated rings. The van der Waals surface area contributed by atoms with E-state index >= 15 is 0 Å². The number of aromatic hydroxyl groups is 1. The Bertz CT molecular complexity index is 6000. The fraction of sp³-hybridized carbons (Fsp3) is 0.136. The molecule has 634 valence electrons. The van der Waals surface area contributed by atoms with Gasteiger partial charge in [0, 0.05) is 131 Å². The van der Waals surface area contributed by atoms with Gasteiger partial charge in [-0.3, -0.25) is 0 Å². The van der Waals surface area contributed by atoms with E-state index in [0.717, 1.165) is 84.9 Å². The summed E-state index contributed by atoms with van der Waals surface area (Å²) < 4.78 is 320. The zero-order valence-corrected chi connectivity index (χ0v) is 62.7. The van der Waals surface area contributed by atoms with Crippen molar-refractivity contribution in [1.82, 2.24) is 9.13 Å². The fourth-order valence-corrected chi connectivity index (χ4v) is 14.9. The van der Waals surface area contributed by atoms with Gasteiger partial charge in [0.05, 0.1) is 0 Å². The molecule has 1 atom stereocenters. The number of hydrogen-bond donors (Lipinski definition) is 1. The van der Waals surface area contributed by atoms with Gasteiger partial charge in [0.1, 0.15) is 46.0 Å². The molecule has 35 heteroatoms. The van der Waals surface area contributed by atoms with Crippen LogP contribution in [0, 0.1) is 0 Å². The largest absolute Gasteiger partial charge is 0.573 e. The van der Waals surface area contributed by atoms with Gasteiger partial charge >= 0.3 is 44.5 Å². The average Bonchev–Trinajstić information content (AvgIpc) is 1.64. The molecule has 12 aromatic carbocycles. The van der Waals surface area contributed by atoms with E-state index in [2.05, 4.69) is 33.2 Å². The number of phenolic OH excluding ortho intramolecular Hbond substituents is 1. The number of ether oxygens (including phenoxy) is 7. The van der Waals surface area contributed by atoms with Crippen LogP contribution >= 0.6 is 0 Å². The van der Waals surface area contributed by atoms with Gasteiger partial charge in [-0.25, -0.2) is 0 Å². The molecule has 0 spiro atoms. The zero-order valence-electron chi connectivity index (χ0n) is 62.7. The van der Waals surface area contributed by atoms with E-state index in [-0.39, 0.29) is 70.8 Å². The summed E-state index contributed by atoms with van der Waals surface area (Å²) in [5.41, 5.74) is 7.06. The monoisotopic (exact) mass is 1720 g/mol. The second kappa shape index (κ2) is 32.4. The van der Waals surface area contributed by atoms with E-state index in [1.807, 2.05) is 28.2 Å². The molecule has 0 bridgehead atoms. The Balaban J connectivity index is 0.913. The minimum absolute atomic E-state index is 0.0243. The van der Waals surface area contributed by atoms with Gasteiger partial charge < -0.3 is 67.0 Å². The second-order valence-electron chi connectivity index (χ2n) is 27.7. The molecular weight excluding hydrogens is 1670 g/mol. The standard InChI is InChI=1S/C88H57F21N6O8/c1-51-44-65(115(60-18-37-72(38-19-60)122-87(104,105)106)61-20-39-73(40-21-61)123-88(107,108)109)48-77-76-47-64(114(58-14-33-70(34-15-58)120-85(98,99)100)59-16-35-71(36-17-59)121-86(101,102)103)24-43-80(76)111(81(51)77)50-53-5-3-2-4-52(53)49-110-78-41-22-62(112(54-6-25-66(116)26-7-54)55-8-27-67(28-9-55)117-82(89,90)91)45-74(78)75-46-63(23-42-79(75)110)113(56-10-29-68(30-11-56)118-83(92,93)94)57-12-31-69(32-13-57)119-84(95,96)97/h2-43,45-48,51,116H,44,49-50H2,1H3. The highest BCUT2D eigenvalue weighted by Crippen LogP contribution is 2.50. The first-order chi connectivity index (χ1) is 58.0. The molecule has 1 aliphatic carbocycles. The summed E-state index contributed by atoms with van der Waals surface area (Å²) in [5, 5.41) is 11.9. The molecule has 123 heavy (non-hydrogen) atoms. The first-order valence-electron chi connectivity index (χ1n) is 36.5. The lowest BCUT2D eigenvalue weighted by Gasteiger charge is -2.33. The summed E-state index contributed by atoms with van der Waals surface area (Å²) in [7, 11) is 0. The number of anilines is 11. The van der Waals surface area contributed by atoms with Gasteiger partial charge in [-0.1, -0.05) is 31.2 Å². The third-order valence-corrected chi connectivity index (χ3v) is 19.5. The topological polar surface area (TPSA) is 108 Å². The van der Waals surface area contributed by atoms with E-state index in [1.165, 1.54) is 107 Å². The molecule has 0 aliphatic heterocycles. The number of fused-ring (bicyclic) bond motifs is 6. The molecule has 14 nitrogen and oxygen atoms in total. The number of halogens is 21. The lowest BCUT2D eigenvalue weighted by Crippen LogP contribution is -2.22. The van der Waals surface area contributed by atoms with Crippen molar-refractivity contribution in [1.29, 1.82) is 0 Å². The Labute approximate surface area is 681 Å². The third-order valence-electron chi connectivity index (χ3n) is 19.5. The van der Waals surface area contributed by atoms with E-state index in [1.54, 1.807) is 94.7 Å². The molecule has 14 aromatic rings. The Morgan fingerprint density at radius 2 is 0.512 bits per heavy atom. The molecule has 2 aromatic heterocycles. The predicted molar refractivity (Wildman–Crippen MR) is 415 cm³/mol. The SMILES string of the molecule is CC1CC(N(c2ccc(OC(F)(F)F)cc2)c2ccc(OC(F)(F)F)cc2)=Cc2c1n(Cc1ccccc1Cn1c3ccc(N(c4ccc(O)cc4)c4ccc(OC(F)(F)F)cc4)cc3c3cc(N(c4ccc(OC(F)(F)F)cc4)c4ccc(OC(F)(F)F)cc4)ccc31)c1ccc(N(c3ccc(OC(F)(F)F)cc3)c3ccc(OC(F)(F)F)cc3)cc21. The van der Waals surface area contributed by atoms with Crippen molar-refractivity contribution >= 4 is 101 Å². The molecular formula is C88H57F21N6O8. The average molecular weight is 1730 g/mol. The minimum Gasteiger partial charge on any atom is -0.508 e. The number of phenols is 1. The molecule has 1 N–H and O–H groups in total. The van der Waals surface area contributed by atoms with Crippen molar-refractivity contribution in [3.63, 3.8) is 0 Å². The fourth-order valence-electron chi connectivity index (χ4n) is 14.9. The molecule has 0 amide bonds. The summed E-state index contributed by atoms with van der Waals surface area (Å²) in [5.74, 6) is -5.00. The van der Waals surface area contributed by atoms with Crippen molar-refractivity contribution in [3.8, 4) is 46.0 Å². The highest BCUT2D eigenvalue weighted by atomic mass is 19.4. The first-order valence-corrected chi connectivity index (χ1v) is 36.5. The number of benzene rings is 12. The van der Waals surface area contributed by atoms with Crippen molar-refractivity contribution < 1.29 is 130 Å². The summed E-state index contributed by atoms with van der Waals surface area (Å²) >= 11 is 0. The van der Waals surface area contributed by atoms with Crippen LogP contribution in [0.3, 0.4) is 0 Å². The van der Waals surface area contributed by atoms with Crippen molar-refractivity contribution in [3.05, 3.63) is 301 Å². The van der Waals surface area contributed by atoms with Crippen LogP contribution in [0.25, 0.3) is 38.8 Å². The lowest BCUT2D eigenvalue weighted by atomic mass is 9.89. The van der Waals surface area contributed by atoms with E-state index in [9.17, 15) is 97.3 Å². The number of aromatic nitrogens is 2. The maximum Gasteiger partial charge on any atom is 0.573 e. The minimum atomic E-state index is -5.12. The second-order valence-corrected chi connectivity index (χ2v) is 27.7. The van der Waals surface area contributed by atoms with Crippen LogP contribution in [0.2, 0.25) is 0 Å². The van der Waals surface area contributed by atoms with Crippen molar-refractivity contribution in [2.24, 2.45) is 0 Å². The van der Waals surface area contributed by atoms with Gasteiger partial charge in [0.25, 0.3) is 0 Å². The maximum absolute atomic E-state index is 13.7. The molecule has 0 saturated carbocycles. The van der Waals surface area contributed by atoms with Crippen LogP contribution in [0.5, 0.6) is 46.0 Å². The molecule has 0 radical (unpaired) electrons. The molecule has 1 unspecified atom stereocenters. The maximum atomic E-state index is 13.7. The van der Waals surface area contributed by atoms with Crippen LogP contribution in [0.4, 0.5) is 155 Å². The Morgan fingerprint density at radius 1 is 0.285 bits per heavy atom. The van der Waals surface area contributed by atoms with E-state index < -0.39 is 90.7 Å². The number of nitrogens with zero attached hydrogens (tertiary/aromatic N) is 6. The lowest BCUT2D eigenvalue weighted by molar-refractivity contribution is -0.275. The van der Waals surface area contributed by atoms with Crippen LogP contribution in [-0.4, -0.2) is 58.8 Å². The molecule has 15 rings (SSSR count). The number of alkyl halides is 21. The summed E-state index contributed by atoms with van der Waals surface area (Å²) in [4.78, 5) is 6.32. The van der Waals surface area contributed by atoms with Gasteiger partial charge in [0.15, 0.2) is 0 Å².